The number of rotatable bonds is 5. The molecule has 0 unspecified atom stereocenters. The number of hydrogen-bond acceptors (Lipinski definition) is 3. The third-order valence-corrected chi connectivity index (χ3v) is 4.06. The van der Waals surface area contributed by atoms with Crippen LogP contribution in [0.15, 0.2) is 59.1 Å². The van der Waals surface area contributed by atoms with Crippen LogP contribution in [0.3, 0.4) is 0 Å². The van der Waals surface area contributed by atoms with E-state index in [1.165, 1.54) is 0 Å². The van der Waals surface area contributed by atoms with E-state index in [1.54, 1.807) is 6.20 Å². The first-order valence-electron chi connectivity index (χ1n) is 7.99. The fourth-order valence-corrected chi connectivity index (χ4v) is 2.48. The second kappa shape index (κ2) is 7.13. The molecule has 0 aliphatic rings. The molecule has 2 aromatic carbocycles. The Morgan fingerprint density at radius 3 is 2.67 bits per heavy atom. The van der Waals surface area contributed by atoms with E-state index in [-0.39, 0.29) is 5.91 Å². The smallest absolute Gasteiger partial charge is 0.224 e. The number of nitrogens with one attached hydrogen (secondary N) is 1. The molecule has 1 aromatic heterocycles. The lowest BCUT2D eigenvalue weighted by Gasteiger charge is -2.09. The Bertz CT molecular complexity index is 838. The molecule has 1 heterocycles. The Morgan fingerprint density at radius 2 is 1.88 bits per heavy atom. The lowest BCUT2D eigenvalue weighted by molar-refractivity contribution is -0.116. The highest BCUT2D eigenvalue weighted by molar-refractivity contribution is 5.91. The second-order valence-corrected chi connectivity index (χ2v) is 5.78. The Balaban J connectivity index is 1.59. The number of carbonyl (C=O) groups is 1. The van der Waals surface area contributed by atoms with Crippen LogP contribution in [-0.2, 0) is 11.2 Å². The lowest BCUT2D eigenvalue weighted by Crippen LogP contribution is -2.13. The largest absolute Gasteiger partial charge is 0.441 e. The summed E-state index contributed by atoms with van der Waals surface area (Å²) in [5.41, 5.74) is 4.09. The molecule has 0 aliphatic carbocycles. The molecule has 4 nitrogen and oxygen atoms in total. The summed E-state index contributed by atoms with van der Waals surface area (Å²) in [6, 6.07) is 15.7. The van der Waals surface area contributed by atoms with E-state index in [9.17, 15) is 4.79 Å². The number of amides is 1. The van der Waals surface area contributed by atoms with Crippen molar-refractivity contribution in [2.24, 2.45) is 0 Å². The summed E-state index contributed by atoms with van der Waals surface area (Å²) in [7, 11) is 0. The summed E-state index contributed by atoms with van der Waals surface area (Å²) < 4.78 is 5.72. The molecule has 3 rings (SSSR count). The summed E-state index contributed by atoms with van der Waals surface area (Å²) in [5.74, 6) is 1.26. The molecule has 4 heteroatoms. The molecule has 1 amide bonds. The van der Waals surface area contributed by atoms with Crippen molar-refractivity contribution in [2.45, 2.75) is 26.7 Å². The quantitative estimate of drug-likeness (QED) is 0.751. The molecule has 0 bridgehead atoms. The Kier molecular flexibility index (Phi) is 4.75. The number of aryl methyl sites for hydroxylation is 2. The van der Waals surface area contributed by atoms with Crippen molar-refractivity contribution in [1.29, 1.82) is 0 Å². The third-order valence-electron chi connectivity index (χ3n) is 4.06. The molecule has 0 aliphatic heterocycles. The predicted molar refractivity (Wildman–Crippen MR) is 94.8 cm³/mol. The molecule has 1 N–H and O–H groups in total. The number of oxazole rings is 1. The van der Waals surface area contributed by atoms with Gasteiger partial charge < -0.3 is 9.73 Å². The van der Waals surface area contributed by atoms with E-state index in [2.05, 4.69) is 10.3 Å². The van der Waals surface area contributed by atoms with Gasteiger partial charge >= 0.3 is 0 Å². The first kappa shape index (κ1) is 16.0. The topological polar surface area (TPSA) is 55.1 Å². The van der Waals surface area contributed by atoms with Gasteiger partial charge in [-0.1, -0.05) is 42.5 Å². The molecule has 0 saturated heterocycles. The van der Waals surface area contributed by atoms with Crippen molar-refractivity contribution < 1.29 is 9.21 Å². The Labute approximate surface area is 141 Å². The molecule has 0 fully saturated rings. The van der Waals surface area contributed by atoms with Gasteiger partial charge in [-0.25, -0.2) is 4.98 Å². The van der Waals surface area contributed by atoms with Gasteiger partial charge in [0, 0.05) is 24.1 Å². The SMILES string of the molecule is Cc1cccc(NC(=O)CCc2ncc(-c3ccccc3)o2)c1C. The normalized spacial score (nSPS) is 10.6. The van der Waals surface area contributed by atoms with Crippen molar-refractivity contribution in [3.05, 3.63) is 71.7 Å². The highest BCUT2D eigenvalue weighted by atomic mass is 16.4. The second-order valence-electron chi connectivity index (χ2n) is 5.78. The van der Waals surface area contributed by atoms with E-state index in [0.717, 1.165) is 28.1 Å². The first-order valence-corrected chi connectivity index (χ1v) is 7.99. The van der Waals surface area contributed by atoms with Crippen LogP contribution in [0, 0.1) is 13.8 Å². The van der Waals surface area contributed by atoms with Gasteiger partial charge in [0.2, 0.25) is 5.91 Å². The van der Waals surface area contributed by atoms with Crippen molar-refractivity contribution in [3.8, 4) is 11.3 Å². The number of carbonyl (C=O) groups excluding carboxylic acids is 1. The molecule has 24 heavy (non-hydrogen) atoms. The number of nitrogens with zero attached hydrogens (tertiary/aromatic N) is 1. The lowest BCUT2D eigenvalue weighted by atomic mass is 10.1. The highest BCUT2D eigenvalue weighted by Crippen LogP contribution is 2.21. The molecular formula is C20H20N2O2. The molecule has 3 aromatic rings. The maximum absolute atomic E-state index is 12.1. The molecule has 122 valence electrons. The zero-order valence-electron chi connectivity index (χ0n) is 13.9. The molecule has 0 atom stereocenters. The third kappa shape index (κ3) is 3.71. The number of benzene rings is 2. The van der Waals surface area contributed by atoms with Gasteiger partial charge in [-0.3, -0.25) is 4.79 Å². The minimum absolute atomic E-state index is 0.0387. The van der Waals surface area contributed by atoms with Crippen molar-refractivity contribution in [2.75, 3.05) is 5.32 Å². The van der Waals surface area contributed by atoms with Gasteiger partial charge in [0.1, 0.15) is 0 Å². The van der Waals surface area contributed by atoms with Crippen LogP contribution in [0.5, 0.6) is 0 Å². The summed E-state index contributed by atoms with van der Waals surface area (Å²) in [6.45, 7) is 4.04. The summed E-state index contributed by atoms with van der Waals surface area (Å²) in [6.07, 6.45) is 2.51. The predicted octanol–water partition coefficient (Wildman–Crippen LogP) is 4.53. The number of anilines is 1. The molecular weight excluding hydrogens is 300 g/mol. The van der Waals surface area contributed by atoms with E-state index in [4.69, 9.17) is 4.42 Å². The van der Waals surface area contributed by atoms with Crippen molar-refractivity contribution in [3.63, 3.8) is 0 Å². The Hall–Kier alpha value is -2.88. The van der Waals surface area contributed by atoms with Gasteiger partial charge in [-0.15, -0.1) is 0 Å². The van der Waals surface area contributed by atoms with E-state index in [0.29, 0.717) is 18.7 Å². The summed E-state index contributed by atoms with van der Waals surface area (Å²) in [4.78, 5) is 16.4. The van der Waals surface area contributed by atoms with E-state index < -0.39 is 0 Å². The van der Waals surface area contributed by atoms with Crippen LogP contribution in [0.2, 0.25) is 0 Å². The number of aromatic nitrogens is 1. The zero-order valence-corrected chi connectivity index (χ0v) is 13.9. The maximum atomic E-state index is 12.1. The molecule has 0 spiro atoms. The van der Waals surface area contributed by atoms with Gasteiger partial charge in [0.05, 0.1) is 6.20 Å². The fraction of sp³-hybridized carbons (Fsp3) is 0.200. The monoisotopic (exact) mass is 320 g/mol. The van der Waals surface area contributed by atoms with Crippen LogP contribution in [0.4, 0.5) is 5.69 Å². The van der Waals surface area contributed by atoms with Crippen LogP contribution < -0.4 is 5.32 Å². The minimum atomic E-state index is -0.0387. The number of hydrogen-bond donors (Lipinski definition) is 1. The van der Waals surface area contributed by atoms with Crippen molar-refractivity contribution in [1.82, 2.24) is 4.98 Å². The summed E-state index contributed by atoms with van der Waals surface area (Å²) >= 11 is 0. The van der Waals surface area contributed by atoms with Gasteiger partial charge in [0.25, 0.3) is 0 Å². The van der Waals surface area contributed by atoms with Crippen molar-refractivity contribution >= 4 is 11.6 Å². The van der Waals surface area contributed by atoms with Crippen LogP contribution in [0.1, 0.15) is 23.4 Å². The Morgan fingerprint density at radius 1 is 1.08 bits per heavy atom. The van der Waals surface area contributed by atoms with Crippen LogP contribution in [-0.4, -0.2) is 10.9 Å². The van der Waals surface area contributed by atoms with Crippen LogP contribution in [0.25, 0.3) is 11.3 Å². The average molecular weight is 320 g/mol. The maximum Gasteiger partial charge on any atom is 0.224 e. The summed E-state index contributed by atoms with van der Waals surface area (Å²) in [5, 5.41) is 2.95. The molecule has 0 radical (unpaired) electrons. The van der Waals surface area contributed by atoms with Gasteiger partial charge in [0.15, 0.2) is 11.7 Å². The van der Waals surface area contributed by atoms with E-state index in [1.807, 2.05) is 62.4 Å². The highest BCUT2D eigenvalue weighted by Gasteiger charge is 2.10. The standard InChI is InChI=1S/C20H20N2O2/c1-14-7-6-10-17(15(14)2)22-19(23)11-12-20-21-13-18(24-20)16-8-4-3-5-9-16/h3-10,13H,11-12H2,1-2H3,(H,22,23). The first-order chi connectivity index (χ1) is 11.6. The van der Waals surface area contributed by atoms with Crippen LogP contribution >= 0.6 is 0 Å². The minimum Gasteiger partial charge on any atom is -0.441 e. The zero-order chi connectivity index (χ0) is 16.9. The van der Waals surface area contributed by atoms with Gasteiger partial charge in [-0.2, -0.15) is 0 Å². The molecule has 0 saturated carbocycles. The fourth-order valence-electron chi connectivity index (χ4n) is 2.48. The average Bonchev–Trinajstić information content (AvgIpc) is 3.07. The van der Waals surface area contributed by atoms with E-state index >= 15 is 0 Å². The van der Waals surface area contributed by atoms with Gasteiger partial charge in [-0.05, 0) is 31.0 Å².